The molecule has 1 fully saturated rings. The van der Waals surface area contributed by atoms with E-state index in [1.807, 2.05) is 30.3 Å². The van der Waals surface area contributed by atoms with Crippen LogP contribution in [-0.4, -0.2) is 39.7 Å². The molecular formula is C16H21NO3S2. The van der Waals surface area contributed by atoms with Crippen LogP contribution in [0.4, 0.5) is 0 Å². The highest BCUT2D eigenvalue weighted by Crippen LogP contribution is 2.30. The van der Waals surface area contributed by atoms with E-state index in [0.717, 1.165) is 12.0 Å². The zero-order chi connectivity index (χ0) is 16.1. The zero-order valence-electron chi connectivity index (χ0n) is 12.3. The second-order valence-corrected chi connectivity index (χ2v) is 6.76. The zero-order valence-corrected chi connectivity index (χ0v) is 14.0. The summed E-state index contributed by atoms with van der Waals surface area (Å²) in [6, 6.07) is 9.16. The standard InChI is InChI=1S/C16H21NO3S2/c18-14(17-10-4-7-12(17)16(19)20)9-8-13(21)15(22)11-5-2-1-3-6-11/h1-3,5-6,12-13,15,21-22H,4,7-10H2,(H,19,20)/t12-,13?,15?/m0/s1. The van der Waals surface area contributed by atoms with Gasteiger partial charge >= 0.3 is 5.97 Å². The molecule has 1 aliphatic rings. The Labute approximate surface area is 141 Å². The Morgan fingerprint density at radius 2 is 1.95 bits per heavy atom. The lowest BCUT2D eigenvalue weighted by molar-refractivity contribution is -0.148. The summed E-state index contributed by atoms with van der Waals surface area (Å²) < 4.78 is 0. The third kappa shape index (κ3) is 4.20. The van der Waals surface area contributed by atoms with Crippen LogP contribution in [0.15, 0.2) is 30.3 Å². The molecule has 1 N–H and O–H groups in total. The maximum atomic E-state index is 12.2. The van der Waals surface area contributed by atoms with E-state index in [1.165, 1.54) is 4.90 Å². The van der Waals surface area contributed by atoms with Gasteiger partial charge in [-0.1, -0.05) is 30.3 Å². The summed E-state index contributed by atoms with van der Waals surface area (Å²) in [4.78, 5) is 24.8. The first-order valence-electron chi connectivity index (χ1n) is 7.44. The van der Waals surface area contributed by atoms with Gasteiger partial charge in [-0.25, -0.2) is 4.79 Å². The molecule has 1 aromatic rings. The van der Waals surface area contributed by atoms with Crippen LogP contribution < -0.4 is 0 Å². The molecular weight excluding hydrogens is 318 g/mol. The highest BCUT2D eigenvalue weighted by atomic mass is 32.1. The van der Waals surface area contributed by atoms with Gasteiger partial charge in [-0.2, -0.15) is 25.3 Å². The molecule has 1 heterocycles. The number of carboxylic acid groups (broad SMARTS) is 1. The molecule has 0 saturated carbocycles. The Balaban J connectivity index is 1.87. The topological polar surface area (TPSA) is 57.6 Å². The molecule has 1 aromatic carbocycles. The fraction of sp³-hybridized carbons (Fsp3) is 0.500. The Bertz CT molecular complexity index is 523. The minimum atomic E-state index is -0.912. The van der Waals surface area contributed by atoms with Crippen LogP contribution >= 0.6 is 25.3 Å². The van der Waals surface area contributed by atoms with E-state index in [0.29, 0.717) is 25.8 Å². The number of thiol groups is 2. The van der Waals surface area contributed by atoms with E-state index in [-0.39, 0.29) is 16.4 Å². The number of rotatable bonds is 6. The molecule has 0 spiro atoms. The Hall–Kier alpha value is -1.14. The van der Waals surface area contributed by atoms with Crippen LogP contribution in [0.2, 0.25) is 0 Å². The number of carbonyl (C=O) groups is 2. The van der Waals surface area contributed by atoms with Crippen molar-refractivity contribution in [1.82, 2.24) is 4.90 Å². The van der Waals surface area contributed by atoms with Gasteiger partial charge in [-0.05, 0) is 24.8 Å². The van der Waals surface area contributed by atoms with E-state index in [4.69, 9.17) is 5.11 Å². The van der Waals surface area contributed by atoms with Gasteiger partial charge in [0.05, 0.1) is 0 Å². The molecule has 2 unspecified atom stereocenters. The number of amides is 1. The van der Waals surface area contributed by atoms with E-state index in [1.54, 1.807) is 0 Å². The third-order valence-corrected chi connectivity index (χ3v) is 5.47. The summed E-state index contributed by atoms with van der Waals surface area (Å²) in [5.41, 5.74) is 1.07. The van der Waals surface area contributed by atoms with Gasteiger partial charge in [-0.3, -0.25) is 4.79 Å². The molecule has 0 aromatic heterocycles. The average Bonchev–Trinajstić information content (AvgIpc) is 3.02. The van der Waals surface area contributed by atoms with Crippen molar-refractivity contribution in [2.75, 3.05) is 6.54 Å². The SMILES string of the molecule is O=C(O)[C@@H]1CCCN1C(=O)CCC(S)C(S)c1ccccc1. The van der Waals surface area contributed by atoms with Crippen LogP contribution in [0.25, 0.3) is 0 Å². The van der Waals surface area contributed by atoms with Crippen molar-refractivity contribution in [2.45, 2.75) is 42.2 Å². The number of carboxylic acids is 1. The average molecular weight is 339 g/mol. The van der Waals surface area contributed by atoms with Gasteiger partial charge in [-0.15, -0.1) is 0 Å². The van der Waals surface area contributed by atoms with Gasteiger partial charge in [0.25, 0.3) is 0 Å². The second-order valence-electron chi connectivity index (χ2n) is 5.54. The Morgan fingerprint density at radius 3 is 2.59 bits per heavy atom. The summed E-state index contributed by atoms with van der Waals surface area (Å²) in [6.45, 7) is 0.538. The van der Waals surface area contributed by atoms with Gasteiger partial charge < -0.3 is 10.0 Å². The lowest BCUT2D eigenvalue weighted by Crippen LogP contribution is -2.40. The smallest absolute Gasteiger partial charge is 0.326 e. The van der Waals surface area contributed by atoms with Crippen molar-refractivity contribution >= 4 is 37.1 Å². The minimum absolute atomic E-state index is 0.0498. The molecule has 2 rings (SSSR count). The number of hydrogen-bond donors (Lipinski definition) is 3. The summed E-state index contributed by atoms with van der Waals surface area (Å²) in [5.74, 6) is -1.01. The lowest BCUT2D eigenvalue weighted by atomic mass is 10.1. The van der Waals surface area contributed by atoms with Gasteiger partial charge in [0.1, 0.15) is 6.04 Å². The predicted octanol–water partition coefficient (Wildman–Crippen LogP) is 2.81. The molecule has 0 aliphatic carbocycles. The van der Waals surface area contributed by atoms with Crippen LogP contribution in [0.3, 0.4) is 0 Å². The fourth-order valence-corrected chi connectivity index (χ4v) is 3.39. The number of benzene rings is 1. The lowest BCUT2D eigenvalue weighted by Gasteiger charge is -2.23. The van der Waals surface area contributed by atoms with Crippen molar-refractivity contribution in [1.29, 1.82) is 0 Å². The van der Waals surface area contributed by atoms with Gasteiger partial charge in [0.2, 0.25) is 5.91 Å². The molecule has 22 heavy (non-hydrogen) atoms. The maximum Gasteiger partial charge on any atom is 0.326 e. The molecule has 3 atom stereocenters. The van der Waals surface area contributed by atoms with E-state index >= 15 is 0 Å². The van der Waals surface area contributed by atoms with Crippen LogP contribution in [0, 0.1) is 0 Å². The van der Waals surface area contributed by atoms with Crippen molar-refractivity contribution < 1.29 is 14.7 Å². The predicted molar refractivity (Wildman–Crippen MR) is 92.5 cm³/mol. The van der Waals surface area contributed by atoms with Gasteiger partial charge in [0.15, 0.2) is 0 Å². The molecule has 6 heteroatoms. The maximum absolute atomic E-state index is 12.2. The molecule has 0 radical (unpaired) electrons. The first-order valence-corrected chi connectivity index (χ1v) is 8.47. The number of likely N-dealkylation sites (tertiary alicyclic amines) is 1. The Kier molecular flexibility index (Phi) is 6.20. The van der Waals surface area contributed by atoms with Crippen LogP contribution in [0.5, 0.6) is 0 Å². The highest BCUT2D eigenvalue weighted by Gasteiger charge is 2.33. The fourth-order valence-electron chi connectivity index (χ4n) is 2.77. The van der Waals surface area contributed by atoms with Crippen LogP contribution in [-0.2, 0) is 9.59 Å². The Morgan fingerprint density at radius 1 is 1.27 bits per heavy atom. The van der Waals surface area contributed by atoms with E-state index in [9.17, 15) is 9.59 Å². The normalized spacial score (nSPS) is 20.6. The molecule has 120 valence electrons. The number of hydrogen-bond acceptors (Lipinski definition) is 4. The molecule has 1 amide bonds. The first kappa shape index (κ1) is 17.2. The van der Waals surface area contributed by atoms with Crippen LogP contribution in [0.1, 0.15) is 36.5 Å². The molecule has 4 nitrogen and oxygen atoms in total. The quantitative estimate of drug-likeness (QED) is 0.699. The number of aliphatic carboxylic acids is 1. The second kappa shape index (κ2) is 7.92. The summed E-state index contributed by atoms with van der Waals surface area (Å²) >= 11 is 9.14. The van der Waals surface area contributed by atoms with Crippen molar-refractivity contribution in [3.05, 3.63) is 35.9 Å². The highest BCUT2D eigenvalue weighted by molar-refractivity contribution is 7.85. The largest absolute Gasteiger partial charge is 0.480 e. The first-order chi connectivity index (χ1) is 10.5. The van der Waals surface area contributed by atoms with Gasteiger partial charge in [0, 0.05) is 23.5 Å². The monoisotopic (exact) mass is 339 g/mol. The van der Waals surface area contributed by atoms with E-state index < -0.39 is 12.0 Å². The van der Waals surface area contributed by atoms with Crippen molar-refractivity contribution in [3.63, 3.8) is 0 Å². The number of nitrogens with zero attached hydrogens (tertiary/aromatic N) is 1. The van der Waals surface area contributed by atoms with Crippen molar-refractivity contribution in [3.8, 4) is 0 Å². The molecule has 0 bridgehead atoms. The minimum Gasteiger partial charge on any atom is -0.480 e. The van der Waals surface area contributed by atoms with Crippen molar-refractivity contribution in [2.24, 2.45) is 0 Å². The summed E-state index contributed by atoms with van der Waals surface area (Å²) in [5, 5.41) is 9.02. The number of carbonyl (C=O) groups excluding carboxylic acids is 1. The van der Waals surface area contributed by atoms with E-state index in [2.05, 4.69) is 25.3 Å². The molecule has 1 saturated heterocycles. The molecule has 1 aliphatic heterocycles. The third-order valence-electron chi connectivity index (χ3n) is 4.02. The summed E-state index contributed by atoms with van der Waals surface area (Å²) in [6.07, 6.45) is 2.19. The summed E-state index contributed by atoms with van der Waals surface area (Å²) in [7, 11) is 0.